The number of unbranched alkanes of at least 4 members (excludes halogenated alkanes) is 1. The van der Waals surface area contributed by atoms with Crippen molar-refractivity contribution in [3.63, 3.8) is 0 Å². The summed E-state index contributed by atoms with van der Waals surface area (Å²) in [6, 6.07) is 7.74. The van der Waals surface area contributed by atoms with Crippen molar-refractivity contribution in [2.75, 3.05) is 19.6 Å². The van der Waals surface area contributed by atoms with Crippen LogP contribution in [0.15, 0.2) is 73.2 Å². The first-order valence-electron chi connectivity index (χ1n) is 14.5. The second-order valence-electron chi connectivity index (χ2n) is 9.84. The van der Waals surface area contributed by atoms with Gasteiger partial charge < -0.3 is 27.3 Å². The fourth-order valence-electron chi connectivity index (χ4n) is 4.04. The summed E-state index contributed by atoms with van der Waals surface area (Å²) < 4.78 is 47.4. The van der Waals surface area contributed by atoms with Gasteiger partial charge in [0.15, 0.2) is 10.9 Å². The Labute approximate surface area is 322 Å². The van der Waals surface area contributed by atoms with Gasteiger partial charge in [-0.25, -0.2) is 32.1 Å². The highest BCUT2D eigenvalue weighted by molar-refractivity contribution is 9.10. The minimum atomic E-state index is -0.939. The van der Waals surface area contributed by atoms with Crippen LogP contribution in [0, 0.1) is 21.7 Å². The molecule has 0 unspecified atom stereocenters. The van der Waals surface area contributed by atoms with Crippen LogP contribution >= 0.6 is 31.9 Å². The van der Waals surface area contributed by atoms with Crippen LogP contribution in [0.4, 0.5) is 14.6 Å². The van der Waals surface area contributed by atoms with Gasteiger partial charge in [-0.1, -0.05) is 37.7 Å². The molecular weight excluding hydrogens is 854 g/mol. The number of hydrogen-bond acceptors (Lipinski definition) is 17. The number of aryl methyl sites for hydroxylation is 1. The number of rotatable bonds is 11. The highest BCUT2D eigenvalue weighted by atomic mass is 79.9. The Bertz CT molecular complexity index is 2200. The van der Waals surface area contributed by atoms with Gasteiger partial charge in [0.1, 0.15) is 17.3 Å². The third-order valence-electron chi connectivity index (χ3n) is 6.43. The van der Waals surface area contributed by atoms with Crippen molar-refractivity contribution >= 4 is 37.7 Å². The lowest BCUT2D eigenvalue weighted by Gasteiger charge is -2.04. The molecule has 6 N–H and O–H groups in total. The predicted molar refractivity (Wildman–Crippen MR) is 198 cm³/mol. The molecule has 24 heteroatoms. The predicted octanol–water partition coefficient (Wildman–Crippen LogP) is 4.95. The lowest BCUT2D eigenvalue weighted by Crippen LogP contribution is -2.14. The van der Waals surface area contributed by atoms with E-state index in [2.05, 4.69) is 72.0 Å². The van der Waals surface area contributed by atoms with E-state index in [1.807, 2.05) is 0 Å². The number of nitrogens with two attached hydrogens (primary N) is 3. The molecule has 294 valence electrons. The van der Waals surface area contributed by atoms with E-state index >= 15 is 0 Å². The molecule has 6 aromatic rings. The molecule has 0 bridgehead atoms. The summed E-state index contributed by atoms with van der Waals surface area (Å²) in [5.41, 5.74) is 16.6. The molecule has 0 aliphatic carbocycles. The van der Waals surface area contributed by atoms with E-state index in [0.29, 0.717) is 30.0 Å². The minimum absolute atomic E-state index is 0. The minimum Gasteiger partial charge on any atom is -0.358 e. The van der Waals surface area contributed by atoms with Crippen molar-refractivity contribution in [1.82, 2.24) is 40.1 Å². The Morgan fingerprint density at radius 3 is 1.59 bits per heavy atom. The first kappa shape index (κ1) is 46.7. The largest absolute Gasteiger partial charge is 0.446 e. The zero-order valence-corrected chi connectivity index (χ0v) is 29.1. The van der Waals surface area contributed by atoms with Crippen molar-refractivity contribution < 1.29 is 32.0 Å². The Morgan fingerprint density at radius 2 is 1.15 bits per heavy atom. The fourth-order valence-corrected chi connectivity index (χ4v) is 4.78. The summed E-state index contributed by atoms with van der Waals surface area (Å²) in [5.74, 6) is -3.55. The van der Waals surface area contributed by atoms with Crippen molar-refractivity contribution in [3.8, 4) is 34.4 Å². The summed E-state index contributed by atoms with van der Waals surface area (Å²) in [6.07, 6.45) is 3.13. The van der Waals surface area contributed by atoms with Crippen LogP contribution in [-0.4, -0.2) is 64.6 Å². The van der Waals surface area contributed by atoms with E-state index in [1.54, 1.807) is 0 Å². The summed E-state index contributed by atoms with van der Waals surface area (Å²) >= 11 is 6.06. The topological polar surface area (TPSA) is 295 Å². The Hall–Kier alpha value is -5.30. The normalized spacial score (nSPS) is 10.1. The van der Waals surface area contributed by atoms with Crippen LogP contribution in [0.25, 0.3) is 34.4 Å². The number of halogens is 4. The van der Waals surface area contributed by atoms with E-state index in [9.17, 15) is 28.5 Å². The SMILES string of the molecule is C.C.C.NCCCCc1nonc1-c1noc(=O)n1-c1ccc(F)c(Br)c1.NCCCN.O=c1onc(-c2nonc2[N+](=O)[O-])n1-c1ccc(F)c(Br)c1. The molecule has 4 aromatic heterocycles. The molecule has 0 saturated heterocycles. The molecule has 0 radical (unpaired) electrons. The molecule has 2 aromatic carbocycles. The van der Waals surface area contributed by atoms with Crippen LogP contribution in [-0.2, 0) is 6.42 Å². The van der Waals surface area contributed by atoms with Gasteiger partial charge in [0, 0.05) is 0 Å². The molecule has 0 fully saturated rings. The summed E-state index contributed by atoms with van der Waals surface area (Å²) in [5, 5.41) is 32.2. The molecule has 20 nitrogen and oxygen atoms in total. The van der Waals surface area contributed by atoms with E-state index in [-0.39, 0.29) is 48.6 Å². The van der Waals surface area contributed by atoms with Gasteiger partial charge in [0.25, 0.3) is 5.69 Å². The zero-order chi connectivity index (χ0) is 37.1. The van der Waals surface area contributed by atoms with Gasteiger partial charge in [0.2, 0.25) is 11.6 Å². The van der Waals surface area contributed by atoms with Gasteiger partial charge in [-0.2, -0.15) is 0 Å². The van der Waals surface area contributed by atoms with E-state index in [0.717, 1.165) is 43.0 Å². The number of benzene rings is 2. The molecule has 54 heavy (non-hydrogen) atoms. The van der Waals surface area contributed by atoms with Crippen LogP contribution in [0.5, 0.6) is 0 Å². The highest BCUT2D eigenvalue weighted by Gasteiger charge is 2.30. The van der Waals surface area contributed by atoms with Crippen molar-refractivity contribution in [3.05, 3.63) is 93.9 Å². The summed E-state index contributed by atoms with van der Waals surface area (Å²) in [4.78, 5) is 33.8. The molecule has 6 rings (SSSR count). The fraction of sp³-hybridized carbons (Fsp3) is 0.333. The molecule has 0 spiro atoms. The summed E-state index contributed by atoms with van der Waals surface area (Å²) in [6.45, 7) is 2.01. The second-order valence-corrected chi connectivity index (χ2v) is 11.6. The second kappa shape index (κ2) is 22.0. The Morgan fingerprint density at radius 1 is 0.685 bits per heavy atom. The third kappa shape index (κ3) is 11.1. The first-order valence-corrected chi connectivity index (χ1v) is 16.1. The van der Waals surface area contributed by atoms with Crippen LogP contribution in [0.1, 0.15) is 47.2 Å². The third-order valence-corrected chi connectivity index (χ3v) is 7.65. The molecule has 4 heterocycles. The number of aromatic nitrogens is 8. The average molecular weight is 893 g/mol. The van der Waals surface area contributed by atoms with E-state index < -0.39 is 39.6 Å². The van der Waals surface area contributed by atoms with Crippen molar-refractivity contribution in [1.29, 1.82) is 0 Å². The van der Waals surface area contributed by atoms with Crippen LogP contribution in [0.2, 0.25) is 0 Å². The average Bonchev–Trinajstić information content (AvgIpc) is 3.92. The highest BCUT2D eigenvalue weighted by Crippen LogP contribution is 2.27. The number of nitro groups is 1. The Kier molecular flexibility index (Phi) is 19.1. The maximum absolute atomic E-state index is 13.4. The maximum atomic E-state index is 13.4. The Balaban J connectivity index is 0.000000459. The number of nitrogens with zero attached hydrogens (tertiary/aromatic N) is 9. The van der Waals surface area contributed by atoms with Crippen LogP contribution < -0.4 is 28.7 Å². The lowest BCUT2D eigenvalue weighted by molar-refractivity contribution is -0.390. The summed E-state index contributed by atoms with van der Waals surface area (Å²) in [7, 11) is 0. The van der Waals surface area contributed by atoms with Crippen molar-refractivity contribution in [2.45, 2.75) is 48.0 Å². The molecule has 0 aliphatic rings. The lowest BCUT2D eigenvalue weighted by atomic mass is 10.1. The number of hydrogen-bond donors (Lipinski definition) is 3. The van der Waals surface area contributed by atoms with Gasteiger partial charge >= 0.3 is 17.3 Å². The van der Waals surface area contributed by atoms with E-state index in [1.165, 1.54) is 34.9 Å². The van der Waals surface area contributed by atoms with Crippen LogP contribution in [0.3, 0.4) is 0 Å². The monoisotopic (exact) mass is 890 g/mol. The standard InChI is InChI=1S/C14H13BrFN5O3.C10H3BrFN5O5.C3H10N2.3CH4/c15-9-7-8(4-5-10(9)16)21-13(20-23-14(21)22)12-11(18-24-19-12)3-1-2-6-17;11-5-3-4(1-2-6(5)12)16-8(14-21-10(16)18)7-9(17(19)20)15-22-13-7;4-2-1-3-5;;;/h4-5,7H,1-3,6,17H2;1-3H;1-5H2;3*1H4. The zero-order valence-electron chi connectivity index (χ0n) is 25.9. The molecule has 0 atom stereocenters. The molecule has 0 aliphatic heterocycles. The quantitative estimate of drug-likeness (QED) is 0.0881. The van der Waals surface area contributed by atoms with Gasteiger partial charge in [-0.15, -0.1) is 4.63 Å². The molecular formula is C30H38Br2F2N12O8. The van der Waals surface area contributed by atoms with Gasteiger partial charge in [0.05, 0.1) is 20.3 Å². The van der Waals surface area contributed by atoms with Gasteiger partial charge in [-0.05, 0) is 129 Å². The molecule has 0 amide bonds. The van der Waals surface area contributed by atoms with Gasteiger partial charge in [-0.3, -0.25) is 9.05 Å². The van der Waals surface area contributed by atoms with Crippen molar-refractivity contribution in [2.24, 2.45) is 17.2 Å². The smallest absolute Gasteiger partial charge is 0.358 e. The van der Waals surface area contributed by atoms with E-state index in [4.69, 9.17) is 26.4 Å². The maximum Gasteiger partial charge on any atom is 0.446 e. The first-order chi connectivity index (χ1) is 24.5. The molecule has 0 saturated carbocycles.